The number of ether oxygens (including phenoxy) is 8. The van der Waals surface area contributed by atoms with E-state index in [2.05, 4.69) is 15.6 Å². The Morgan fingerprint density at radius 2 is 1.58 bits per heavy atom. The van der Waals surface area contributed by atoms with Gasteiger partial charge in [0.15, 0.2) is 12.4 Å². The zero-order valence-electron chi connectivity index (χ0n) is 29.0. The Hall–Kier alpha value is -3.38. The van der Waals surface area contributed by atoms with Gasteiger partial charge >= 0.3 is 5.97 Å². The summed E-state index contributed by atoms with van der Waals surface area (Å²) in [5.74, 6) is -1.93. The second-order valence-electron chi connectivity index (χ2n) is 12.1. The Morgan fingerprint density at radius 3 is 2.25 bits per heavy atom. The number of carbonyl (C=O) groups excluding carboxylic acids is 1. The fraction of sp³-hybridized carbons (Fsp3) is 0.688. The van der Waals surface area contributed by atoms with Crippen LogP contribution in [0.15, 0.2) is 30.5 Å². The Balaban J connectivity index is 1.07. The molecule has 0 aliphatic carbocycles. The van der Waals surface area contributed by atoms with E-state index in [9.17, 15) is 35.1 Å². The van der Waals surface area contributed by atoms with Gasteiger partial charge in [0.25, 0.3) is 0 Å². The smallest absolute Gasteiger partial charge is 0.335 e. The minimum absolute atomic E-state index is 0.173. The maximum atomic E-state index is 12.7. The average Bonchev–Trinajstić information content (AvgIpc) is 3.60. The van der Waals surface area contributed by atoms with Crippen LogP contribution in [0.3, 0.4) is 0 Å². The van der Waals surface area contributed by atoms with Crippen molar-refractivity contribution in [3.63, 3.8) is 0 Å². The van der Waals surface area contributed by atoms with E-state index in [1.807, 2.05) is 24.4 Å². The third kappa shape index (κ3) is 11.6. The van der Waals surface area contributed by atoms with Gasteiger partial charge < -0.3 is 74.5 Å². The molecular formula is C32H49N5O15. The second kappa shape index (κ2) is 20.8. The third-order valence-electron chi connectivity index (χ3n) is 8.41. The van der Waals surface area contributed by atoms with Crippen LogP contribution in [0.25, 0.3) is 11.3 Å². The van der Waals surface area contributed by atoms with Gasteiger partial charge in [0.2, 0.25) is 5.91 Å². The van der Waals surface area contributed by atoms with E-state index in [0.29, 0.717) is 38.7 Å². The van der Waals surface area contributed by atoms with E-state index in [4.69, 9.17) is 43.6 Å². The summed E-state index contributed by atoms with van der Waals surface area (Å²) in [5, 5.41) is 62.5. The predicted molar refractivity (Wildman–Crippen MR) is 176 cm³/mol. The first-order valence-electron chi connectivity index (χ1n) is 16.7. The molecule has 52 heavy (non-hydrogen) atoms. The number of carboxylic acids is 1. The van der Waals surface area contributed by atoms with Crippen LogP contribution in [-0.4, -0.2) is 181 Å². The van der Waals surface area contributed by atoms with Crippen LogP contribution in [0.1, 0.15) is 6.42 Å². The number of hydrogen-bond acceptors (Lipinski definition) is 17. The molecule has 2 fully saturated rings. The molecule has 2 saturated heterocycles. The number of nitrogen functional groups attached to an aromatic ring is 1. The molecule has 1 amide bonds. The number of nitrogens with zero attached hydrogens (tertiary/aromatic N) is 3. The molecule has 8 N–H and O–H groups in total. The number of hydrogen-bond donors (Lipinski definition) is 7. The Morgan fingerprint density at radius 1 is 0.885 bits per heavy atom. The second-order valence-corrected chi connectivity index (χ2v) is 12.1. The van der Waals surface area contributed by atoms with Crippen LogP contribution in [0, 0.1) is 0 Å². The van der Waals surface area contributed by atoms with Gasteiger partial charge in [-0.1, -0.05) is 17.3 Å². The fourth-order valence-corrected chi connectivity index (χ4v) is 5.69. The summed E-state index contributed by atoms with van der Waals surface area (Å²) in [6, 6.07) is 7.41. The molecule has 4 rings (SSSR count). The Labute approximate surface area is 299 Å². The van der Waals surface area contributed by atoms with Gasteiger partial charge in [0.1, 0.15) is 48.4 Å². The quantitative estimate of drug-likeness (QED) is 0.0501. The highest BCUT2D eigenvalue weighted by Gasteiger charge is 2.50. The van der Waals surface area contributed by atoms with E-state index in [-0.39, 0.29) is 26.2 Å². The first-order chi connectivity index (χ1) is 25.0. The minimum atomic E-state index is -1.72. The zero-order chi connectivity index (χ0) is 37.6. The third-order valence-corrected chi connectivity index (χ3v) is 8.41. The molecule has 20 nitrogen and oxygen atoms in total. The number of carboxylic acid groups (broad SMARTS) is 1. The number of aliphatic carboxylic acids is 1. The number of benzene rings is 1. The van der Waals surface area contributed by atoms with Crippen LogP contribution in [0.5, 0.6) is 0 Å². The van der Waals surface area contributed by atoms with Gasteiger partial charge in [0, 0.05) is 32.0 Å². The first-order valence-corrected chi connectivity index (χ1v) is 16.7. The van der Waals surface area contributed by atoms with Crippen molar-refractivity contribution in [2.75, 3.05) is 72.7 Å². The number of aliphatic hydroxyl groups is 4. The number of rotatable bonds is 21. The summed E-state index contributed by atoms with van der Waals surface area (Å²) in [7, 11) is 2.45. The number of anilines is 1. The lowest BCUT2D eigenvalue weighted by Gasteiger charge is -2.44. The lowest BCUT2D eigenvalue weighted by atomic mass is 9.93. The molecule has 1 aromatic carbocycles. The monoisotopic (exact) mass is 743 g/mol. The molecule has 0 bridgehead atoms. The molecule has 10 atom stereocenters. The summed E-state index contributed by atoms with van der Waals surface area (Å²) >= 11 is 0. The summed E-state index contributed by atoms with van der Waals surface area (Å²) in [4.78, 5) is 24.4. The van der Waals surface area contributed by atoms with Gasteiger partial charge in [0.05, 0.1) is 71.5 Å². The lowest BCUT2D eigenvalue weighted by molar-refractivity contribution is -0.302. The van der Waals surface area contributed by atoms with Crippen molar-refractivity contribution in [2.45, 2.75) is 74.2 Å². The standard InChI is InChI=1S/C32H49N5O15/c1-45-28-21(51-22(24(39)25(28)40)17-50-29-26(41)27(42)32(46-2)52-30(29)31(43)44)15-23(38)34-6-8-47-10-12-49-13-11-48-9-7-37-16-20(35-36-37)18-4-3-5-19(33)14-18/h3-5,14,16,21-22,24-30,32,39-42H,6-13,15,17,33H2,1-2H3,(H,34,38)(H,43,44). The average molecular weight is 744 g/mol. The van der Waals surface area contributed by atoms with Crippen LogP contribution in [0.2, 0.25) is 0 Å². The van der Waals surface area contributed by atoms with E-state index in [0.717, 1.165) is 11.3 Å². The van der Waals surface area contributed by atoms with Gasteiger partial charge in [-0.25, -0.2) is 9.48 Å². The number of methoxy groups -OCH3 is 2. The molecule has 292 valence electrons. The van der Waals surface area contributed by atoms with E-state index >= 15 is 0 Å². The fourth-order valence-electron chi connectivity index (χ4n) is 5.69. The number of aromatic nitrogens is 3. The Kier molecular flexibility index (Phi) is 16.5. The summed E-state index contributed by atoms with van der Waals surface area (Å²) < 4.78 is 45.0. The Bertz CT molecular complexity index is 1390. The zero-order valence-corrected chi connectivity index (χ0v) is 29.0. The molecule has 1 aromatic heterocycles. The van der Waals surface area contributed by atoms with Crippen LogP contribution in [0.4, 0.5) is 5.69 Å². The van der Waals surface area contributed by atoms with Crippen molar-refractivity contribution < 1.29 is 73.0 Å². The highest BCUT2D eigenvalue weighted by atomic mass is 16.7. The van der Waals surface area contributed by atoms with Crippen molar-refractivity contribution in [1.29, 1.82) is 0 Å². The number of nitrogens with one attached hydrogen (secondary N) is 1. The molecule has 3 heterocycles. The maximum absolute atomic E-state index is 12.7. The molecule has 0 saturated carbocycles. The largest absolute Gasteiger partial charge is 0.479 e. The van der Waals surface area contributed by atoms with Gasteiger partial charge in [-0.15, -0.1) is 5.10 Å². The maximum Gasteiger partial charge on any atom is 0.335 e. The molecule has 20 heteroatoms. The van der Waals surface area contributed by atoms with Crippen molar-refractivity contribution in [3.8, 4) is 11.3 Å². The number of aliphatic hydroxyl groups excluding tert-OH is 4. The first kappa shape index (κ1) is 41.4. The van der Waals surface area contributed by atoms with Gasteiger partial charge in [-0.2, -0.15) is 0 Å². The molecule has 2 aromatic rings. The summed E-state index contributed by atoms with van der Waals surface area (Å²) in [5.41, 5.74) is 8.09. The number of nitrogens with two attached hydrogens (primary N) is 1. The highest BCUT2D eigenvalue weighted by molar-refractivity contribution is 5.76. The SMILES string of the molecule is COC1OC(C(=O)O)C(OCC2OC(CC(=O)NCCOCCOCCOCCn3cc(-c4cccc(N)c4)nn3)C(OC)C(O)C2O)C(O)C1O. The molecular weight excluding hydrogens is 694 g/mol. The topological polar surface area (TPSA) is 278 Å². The lowest BCUT2D eigenvalue weighted by Crippen LogP contribution is -2.63. The van der Waals surface area contributed by atoms with Crippen molar-refractivity contribution in [3.05, 3.63) is 30.5 Å². The van der Waals surface area contributed by atoms with Crippen LogP contribution < -0.4 is 11.1 Å². The van der Waals surface area contributed by atoms with E-state index < -0.39 is 79.7 Å². The van der Waals surface area contributed by atoms with E-state index in [1.54, 1.807) is 10.7 Å². The summed E-state index contributed by atoms with van der Waals surface area (Å²) in [6.07, 6.45) is -12.9. The molecule has 10 unspecified atom stereocenters. The molecule has 0 spiro atoms. The summed E-state index contributed by atoms with van der Waals surface area (Å²) in [6.45, 7) is 2.16. The predicted octanol–water partition coefficient (Wildman–Crippen LogP) is -2.85. The van der Waals surface area contributed by atoms with E-state index in [1.165, 1.54) is 14.2 Å². The molecule has 0 radical (unpaired) electrons. The molecule has 2 aliphatic heterocycles. The van der Waals surface area contributed by atoms with Crippen molar-refractivity contribution in [1.82, 2.24) is 20.3 Å². The number of amides is 1. The van der Waals surface area contributed by atoms with Crippen molar-refractivity contribution >= 4 is 17.6 Å². The molecule has 2 aliphatic rings. The number of carbonyl (C=O) groups is 2. The van der Waals surface area contributed by atoms with Crippen LogP contribution in [-0.2, 0) is 54.0 Å². The minimum Gasteiger partial charge on any atom is -0.479 e. The highest BCUT2D eigenvalue weighted by Crippen LogP contribution is 2.29. The van der Waals surface area contributed by atoms with Crippen LogP contribution >= 0.6 is 0 Å². The van der Waals surface area contributed by atoms with Crippen molar-refractivity contribution in [2.24, 2.45) is 0 Å². The normalized spacial score (nSPS) is 29.2. The van der Waals surface area contributed by atoms with Gasteiger partial charge in [-0.05, 0) is 12.1 Å². The van der Waals surface area contributed by atoms with Gasteiger partial charge in [-0.3, -0.25) is 4.79 Å².